The Morgan fingerprint density at radius 2 is 1.89 bits per heavy atom. The number of carboxylic acids is 1. The second-order valence-electron chi connectivity index (χ2n) is 3.84. The molecule has 2 aromatic rings. The molecular weight excluding hydrogens is 252 g/mol. The van der Waals surface area contributed by atoms with Crippen molar-refractivity contribution in [1.82, 2.24) is 0 Å². The van der Waals surface area contributed by atoms with Crippen molar-refractivity contribution in [3.05, 3.63) is 52.8 Å². The maximum Gasteiger partial charge on any atom is 0.331 e. The standard InChI is InChI=1S/C14H11ClO3/c1-9(14(16)17)8-12-6-7-13(18-12)10-2-4-11(15)5-3-10/h2-8H,1H3,(H,16,17). The van der Waals surface area contributed by atoms with Gasteiger partial charge in [0.2, 0.25) is 0 Å². The van der Waals surface area contributed by atoms with Gasteiger partial charge in [-0.15, -0.1) is 0 Å². The maximum absolute atomic E-state index is 10.7. The van der Waals surface area contributed by atoms with Crippen molar-refractivity contribution in [3.8, 4) is 11.3 Å². The number of furan rings is 1. The van der Waals surface area contributed by atoms with Crippen LogP contribution in [0.2, 0.25) is 5.02 Å². The smallest absolute Gasteiger partial charge is 0.331 e. The predicted octanol–water partition coefficient (Wildman–Crippen LogP) is 4.09. The molecular formula is C14H11ClO3. The Balaban J connectivity index is 2.28. The van der Waals surface area contributed by atoms with Crippen LogP contribution in [0.25, 0.3) is 17.4 Å². The van der Waals surface area contributed by atoms with E-state index in [2.05, 4.69) is 0 Å². The van der Waals surface area contributed by atoms with E-state index in [1.807, 2.05) is 12.1 Å². The molecule has 0 radical (unpaired) electrons. The highest BCUT2D eigenvalue weighted by Crippen LogP contribution is 2.24. The average Bonchev–Trinajstić information content (AvgIpc) is 2.78. The van der Waals surface area contributed by atoms with Crippen LogP contribution in [-0.4, -0.2) is 11.1 Å². The lowest BCUT2D eigenvalue weighted by molar-refractivity contribution is -0.132. The number of benzene rings is 1. The highest BCUT2D eigenvalue weighted by Gasteiger charge is 2.05. The van der Waals surface area contributed by atoms with Gasteiger partial charge in [-0.2, -0.15) is 0 Å². The van der Waals surface area contributed by atoms with Gasteiger partial charge in [-0.1, -0.05) is 11.6 Å². The van der Waals surface area contributed by atoms with Crippen molar-refractivity contribution in [3.63, 3.8) is 0 Å². The number of aliphatic carboxylic acids is 1. The van der Waals surface area contributed by atoms with Crippen molar-refractivity contribution in [2.24, 2.45) is 0 Å². The molecule has 1 aromatic carbocycles. The molecule has 2 rings (SSSR count). The molecule has 0 fully saturated rings. The zero-order valence-electron chi connectivity index (χ0n) is 9.68. The number of carboxylic acid groups (broad SMARTS) is 1. The Labute approximate surface area is 109 Å². The van der Waals surface area contributed by atoms with Gasteiger partial charge in [0.25, 0.3) is 0 Å². The highest BCUT2D eigenvalue weighted by molar-refractivity contribution is 6.30. The number of hydrogen-bond acceptors (Lipinski definition) is 2. The first-order valence-electron chi connectivity index (χ1n) is 5.33. The summed E-state index contributed by atoms with van der Waals surface area (Å²) in [5.41, 5.74) is 1.12. The lowest BCUT2D eigenvalue weighted by Gasteiger charge is -1.96. The Bertz CT molecular complexity index is 594. The summed E-state index contributed by atoms with van der Waals surface area (Å²) >= 11 is 5.80. The Kier molecular flexibility index (Phi) is 3.53. The second kappa shape index (κ2) is 5.10. The minimum absolute atomic E-state index is 0.229. The monoisotopic (exact) mass is 262 g/mol. The van der Waals surface area contributed by atoms with Crippen molar-refractivity contribution < 1.29 is 14.3 Å². The summed E-state index contributed by atoms with van der Waals surface area (Å²) in [4.78, 5) is 10.7. The maximum atomic E-state index is 10.7. The van der Waals surface area contributed by atoms with E-state index in [4.69, 9.17) is 21.1 Å². The van der Waals surface area contributed by atoms with Crippen LogP contribution >= 0.6 is 11.6 Å². The van der Waals surface area contributed by atoms with E-state index >= 15 is 0 Å². The molecule has 4 heteroatoms. The van der Waals surface area contributed by atoms with E-state index in [9.17, 15) is 4.79 Å². The fraction of sp³-hybridized carbons (Fsp3) is 0.0714. The van der Waals surface area contributed by atoms with Gasteiger partial charge in [0, 0.05) is 16.2 Å². The zero-order chi connectivity index (χ0) is 13.1. The van der Waals surface area contributed by atoms with Crippen molar-refractivity contribution in [2.75, 3.05) is 0 Å². The summed E-state index contributed by atoms with van der Waals surface area (Å²) in [6.07, 6.45) is 1.49. The van der Waals surface area contributed by atoms with E-state index in [1.54, 1.807) is 24.3 Å². The molecule has 18 heavy (non-hydrogen) atoms. The van der Waals surface area contributed by atoms with Gasteiger partial charge in [0.15, 0.2) is 0 Å². The Morgan fingerprint density at radius 1 is 1.22 bits per heavy atom. The largest absolute Gasteiger partial charge is 0.478 e. The van der Waals surface area contributed by atoms with Gasteiger partial charge in [-0.05, 0) is 49.4 Å². The lowest BCUT2D eigenvalue weighted by Crippen LogP contribution is -1.94. The van der Waals surface area contributed by atoms with Gasteiger partial charge in [-0.3, -0.25) is 0 Å². The summed E-state index contributed by atoms with van der Waals surface area (Å²) in [7, 11) is 0. The lowest BCUT2D eigenvalue weighted by atomic mass is 10.2. The van der Waals surface area contributed by atoms with Gasteiger partial charge in [0.05, 0.1) is 0 Å². The minimum Gasteiger partial charge on any atom is -0.478 e. The minimum atomic E-state index is -0.959. The topological polar surface area (TPSA) is 50.4 Å². The fourth-order valence-corrected chi connectivity index (χ4v) is 1.60. The first kappa shape index (κ1) is 12.5. The molecule has 0 aliphatic heterocycles. The predicted molar refractivity (Wildman–Crippen MR) is 70.4 cm³/mol. The van der Waals surface area contributed by atoms with E-state index in [-0.39, 0.29) is 5.57 Å². The second-order valence-corrected chi connectivity index (χ2v) is 4.28. The molecule has 0 aliphatic carbocycles. The fourth-order valence-electron chi connectivity index (χ4n) is 1.47. The van der Waals surface area contributed by atoms with Crippen LogP contribution in [0.1, 0.15) is 12.7 Å². The zero-order valence-corrected chi connectivity index (χ0v) is 10.4. The van der Waals surface area contributed by atoms with Crippen LogP contribution in [-0.2, 0) is 4.79 Å². The molecule has 0 bridgehead atoms. The summed E-state index contributed by atoms with van der Waals surface area (Å²) in [6.45, 7) is 1.52. The van der Waals surface area contributed by atoms with Crippen LogP contribution in [0, 0.1) is 0 Å². The Morgan fingerprint density at radius 3 is 2.50 bits per heavy atom. The average molecular weight is 263 g/mol. The first-order valence-corrected chi connectivity index (χ1v) is 5.71. The summed E-state index contributed by atoms with van der Waals surface area (Å²) < 4.78 is 5.55. The number of carbonyl (C=O) groups is 1. The van der Waals surface area contributed by atoms with Crippen LogP contribution in [0.5, 0.6) is 0 Å². The molecule has 0 aliphatic rings. The van der Waals surface area contributed by atoms with Crippen LogP contribution in [0.4, 0.5) is 0 Å². The van der Waals surface area contributed by atoms with Crippen molar-refractivity contribution in [1.29, 1.82) is 0 Å². The molecule has 3 nitrogen and oxygen atoms in total. The van der Waals surface area contributed by atoms with Gasteiger partial charge >= 0.3 is 5.97 Å². The van der Waals surface area contributed by atoms with Gasteiger partial charge in [-0.25, -0.2) is 4.79 Å². The number of halogens is 1. The SMILES string of the molecule is CC(=Cc1ccc(-c2ccc(Cl)cc2)o1)C(=O)O. The molecule has 0 spiro atoms. The number of rotatable bonds is 3. The molecule has 0 saturated carbocycles. The Hall–Kier alpha value is -2.00. The normalized spacial score (nSPS) is 11.6. The van der Waals surface area contributed by atoms with E-state index in [1.165, 1.54) is 13.0 Å². The van der Waals surface area contributed by atoms with E-state index in [0.717, 1.165) is 5.56 Å². The molecule has 0 unspecified atom stereocenters. The van der Waals surface area contributed by atoms with Crippen molar-refractivity contribution >= 4 is 23.6 Å². The molecule has 0 amide bonds. The molecule has 1 heterocycles. The quantitative estimate of drug-likeness (QED) is 0.848. The molecule has 0 atom stereocenters. The first-order chi connectivity index (χ1) is 8.56. The van der Waals surface area contributed by atoms with Crippen LogP contribution in [0.3, 0.4) is 0 Å². The van der Waals surface area contributed by atoms with E-state index in [0.29, 0.717) is 16.5 Å². The van der Waals surface area contributed by atoms with Gasteiger partial charge in [0.1, 0.15) is 11.5 Å². The van der Waals surface area contributed by atoms with Gasteiger partial charge < -0.3 is 9.52 Å². The van der Waals surface area contributed by atoms with Crippen LogP contribution in [0.15, 0.2) is 46.4 Å². The summed E-state index contributed by atoms with van der Waals surface area (Å²) in [5, 5.41) is 9.43. The van der Waals surface area contributed by atoms with E-state index < -0.39 is 5.97 Å². The third-order valence-corrected chi connectivity index (χ3v) is 2.70. The molecule has 92 valence electrons. The van der Waals surface area contributed by atoms with Crippen LogP contribution < -0.4 is 0 Å². The third kappa shape index (κ3) is 2.81. The third-order valence-electron chi connectivity index (χ3n) is 2.45. The van der Waals surface area contributed by atoms with Crippen molar-refractivity contribution in [2.45, 2.75) is 6.92 Å². The molecule has 1 aromatic heterocycles. The molecule has 0 saturated heterocycles. The molecule has 1 N–H and O–H groups in total. The summed E-state index contributed by atoms with van der Waals surface area (Å²) in [5.74, 6) is 0.232. The summed E-state index contributed by atoms with van der Waals surface area (Å²) in [6, 6.07) is 10.8. The number of hydrogen-bond donors (Lipinski definition) is 1. The highest BCUT2D eigenvalue weighted by atomic mass is 35.5.